The Labute approximate surface area is 202 Å². The number of carbonyl (C=O) groups is 2. The highest BCUT2D eigenvalue weighted by Gasteiger charge is 2.21. The first-order valence-electron chi connectivity index (χ1n) is 11.4. The first-order chi connectivity index (χ1) is 16.3. The molecular weight excluding hydrogens is 430 g/mol. The second kappa shape index (κ2) is 13.0. The predicted molar refractivity (Wildman–Crippen MR) is 132 cm³/mol. The summed E-state index contributed by atoms with van der Waals surface area (Å²) in [6, 6.07) is 16.6. The molecule has 0 spiro atoms. The molecule has 2 rings (SSSR count). The maximum atomic E-state index is 12.6. The average Bonchev–Trinajstić information content (AvgIpc) is 2.80. The number of nitriles is 1. The van der Waals surface area contributed by atoms with Crippen LogP contribution in [-0.2, 0) is 16.1 Å². The van der Waals surface area contributed by atoms with Gasteiger partial charge in [0.15, 0.2) is 18.1 Å². The molecule has 0 aliphatic carbocycles. The Morgan fingerprint density at radius 1 is 1.03 bits per heavy atom. The number of ether oxygens (including phenoxy) is 2. The minimum absolute atomic E-state index is 0.0215. The number of amides is 2. The number of carbonyl (C=O) groups excluding carboxylic acids is 2. The third-order valence-electron chi connectivity index (χ3n) is 4.99. The van der Waals surface area contributed by atoms with Gasteiger partial charge in [0.05, 0.1) is 6.61 Å². The Morgan fingerprint density at radius 3 is 2.29 bits per heavy atom. The fourth-order valence-electron chi connectivity index (χ4n) is 3.58. The third-order valence-corrected chi connectivity index (χ3v) is 4.99. The second-order valence-corrected chi connectivity index (χ2v) is 8.25. The molecule has 0 aliphatic heterocycles. The summed E-state index contributed by atoms with van der Waals surface area (Å²) in [6.07, 6.45) is 1.50. The van der Waals surface area contributed by atoms with Gasteiger partial charge in [0.25, 0.3) is 11.8 Å². The molecule has 7 nitrogen and oxygen atoms in total. The summed E-state index contributed by atoms with van der Waals surface area (Å²) in [5.41, 5.74) is 1.53. The summed E-state index contributed by atoms with van der Waals surface area (Å²) in [7, 11) is 0. The summed E-state index contributed by atoms with van der Waals surface area (Å²) < 4.78 is 11.5. The Bertz CT molecular complexity index is 1030. The van der Waals surface area contributed by atoms with Crippen molar-refractivity contribution in [2.24, 2.45) is 0 Å². The molecule has 0 fully saturated rings. The molecule has 0 bridgehead atoms. The van der Waals surface area contributed by atoms with Gasteiger partial charge in [-0.2, -0.15) is 5.26 Å². The van der Waals surface area contributed by atoms with Gasteiger partial charge < -0.3 is 19.7 Å². The van der Waals surface area contributed by atoms with E-state index in [1.165, 1.54) is 6.08 Å². The van der Waals surface area contributed by atoms with Gasteiger partial charge >= 0.3 is 0 Å². The van der Waals surface area contributed by atoms with Crippen LogP contribution < -0.4 is 14.8 Å². The number of rotatable bonds is 11. The highest BCUT2D eigenvalue weighted by Crippen LogP contribution is 2.29. The van der Waals surface area contributed by atoms with Gasteiger partial charge in [-0.25, -0.2) is 0 Å². The maximum absolute atomic E-state index is 12.6. The molecule has 0 aliphatic rings. The lowest BCUT2D eigenvalue weighted by molar-refractivity contribution is -0.137. The maximum Gasteiger partial charge on any atom is 0.262 e. The van der Waals surface area contributed by atoms with Crippen molar-refractivity contribution < 1.29 is 19.1 Å². The van der Waals surface area contributed by atoms with Crippen LogP contribution in [0, 0.1) is 11.3 Å². The Kier molecular flexibility index (Phi) is 10.2. The van der Waals surface area contributed by atoms with Crippen LogP contribution in [0.1, 0.15) is 45.7 Å². The summed E-state index contributed by atoms with van der Waals surface area (Å²) in [6.45, 7) is 10.3. The number of benzene rings is 2. The van der Waals surface area contributed by atoms with Crippen molar-refractivity contribution in [3.63, 3.8) is 0 Å². The second-order valence-electron chi connectivity index (χ2n) is 8.25. The first kappa shape index (κ1) is 26.5. The summed E-state index contributed by atoms with van der Waals surface area (Å²) in [5.74, 6) is 0.287. The van der Waals surface area contributed by atoms with E-state index < -0.39 is 5.91 Å². The van der Waals surface area contributed by atoms with E-state index in [1.807, 2.05) is 71.0 Å². The Morgan fingerprint density at radius 2 is 1.71 bits per heavy atom. The van der Waals surface area contributed by atoms with Crippen molar-refractivity contribution in [1.29, 1.82) is 5.26 Å². The van der Waals surface area contributed by atoms with Crippen molar-refractivity contribution in [3.05, 3.63) is 65.2 Å². The molecule has 0 saturated carbocycles. The number of nitrogens with zero attached hydrogens (tertiary/aromatic N) is 2. The van der Waals surface area contributed by atoms with Crippen molar-refractivity contribution in [1.82, 2.24) is 10.2 Å². The highest BCUT2D eigenvalue weighted by atomic mass is 16.5. The van der Waals surface area contributed by atoms with Crippen LogP contribution in [0.15, 0.2) is 54.1 Å². The summed E-state index contributed by atoms with van der Waals surface area (Å²) in [4.78, 5) is 26.9. The molecule has 2 aromatic carbocycles. The molecule has 0 aromatic heterocycles. The van der Waals surface area contributed by atoms with Gasteiger partial charge in [0.2, 0.25) is 0 Å². The number of nitrogens with one attached hydrogen (secondary N) is 1. The van der Waals surface area contributed by atoms with E-state index in [0.29, 0.717) is 30.2 Å². The zero-order valence-corrected chi connectivity index (χ0v) is 20.5. The molecule has 7 heteroatoms. The molecule has 0 heterocycles. The number of hydrogen-bond donors (Lipinski definition) is 1. The third kappa shape index (κ3) is 7.66. The quantitative estimate of drug-likeness (QED) is 0.396. The fourth-order valence-corrected chi connectivity index (χ4v) is 3.58. The van der Waals surface area contributed by atoms with Crippen LogP contribution in [-0.4, -0.2) is 42.0 Å². The zero-order valence-electron chi connectivity index (χ0n) is 20.5. The van der Waals surface area contributed by atoms with Crippen LogP contribution in [0.3, 0.4) is 0 Å². The molecule has 34 heavy (non-hydrogen) atoms. The summed E-state index contributed by atoms with van der Waals surface area (Å²) in [5, 5.41) is 12.2. The van der Waals surface area contributed by atoms with E-state index in [9.17, 15) is 14.9 Å². The largest absolute Gasteiger partial charge is 0.490 e. The van der Waals surface area contributed by atoms with Gasteiger partial charge in [0, 0.05) is 18.6 Å². The van der Waals surface area contributed by atoms with Gasteiger partial charge in [-0.15, -0.1) is 0 Å². The van der Waals surface area contributed by atoms with Gasteiger partial charge in [0.1, 0.15) is 11.6 Å². The van der Waals surface area contributed by atoms with E-state index in [-0.39, 0.29) is 30.2 Å². The molecule has 0 radical (unpaired) electrons. The van der Waals surface area contributed by atoms with E-state index in [2.05, 4.69) is 5.32 Å². The first-order valence-corrected chi connectivity index (χ1v) is 11.4. The topological polar surface area (TPSA) is 91.7 Å². The van der Waals surface area contributed by atoms with E-state index in [4.69, 9.17) is 9.47 Å². The highest BCUT2D eigenvalue weighted by molar-refractivity contribution is 6.01. The minimum atomic E-state index is -0.460. The lowest BCUT2D eigenvalue weighted by Crippen LogP contribution is -2.44. The van der Waals surface area contributed by atoms with Crippen LogP contribution >= 0.6 is 0 Å². The average molecular weight is 464 g/mol. The van der Waals surface area contributed by atoms with Crippen molar-refractivity contribution >= 4 is 17.9 Å². The van der Waals surface area contributed by atoms with Crippen LogP contribution in [0.5, 0.6) is 11.5 Å². The van der Waals surface area contributed by atoms with Gasteiger partial charge in [-0.1, -0.05) is 36.4 Å². The van der Waals surface area contributed by atoms with Crippen molar-refractivity contribution in [2.45, 2.75) is 53.2 Å². The predicted octanol–water partition coefficient (Wildman–Crippen LogP) is 4.33. The Balaban J connectivity index is 2.14. The fraction of sp³-hybridized carbons (Fsp3) is 0.370. The standard InChI is InChI=1S/C27H33N3O4/c1-6-33-25-15-22(12-13-24(25)34-18-26(31)30(19(2)3)20(4)5)14-23(16-28)27(32)29-17-21-10-8-7-9-11-21/h7-15,19-20H,6,17-18H2,1-5H3,(H,29,32)/b23-14+. The Hall–Kier alpha value is -3.79. The van der Waals surface area contributed by atoms with E-state index >= 15 is 0 Å². The smallest absolute Gasteiger partial charge is 0.262 e. The minimum Gasteiger partial charge on any atom is -0.490 e. The van der Waals surface area contributed by atoms with E-state index in [1.54, 1.807) is 23.1 Å². The van der Waals surface area contributed by atoms with Gasteiger partial charge in [-0.3, -0.25) is 9.59 Å². The molecule has 0 unspecified atom stereocenters. The van der Waals surface area contributed by atoms with Gasteiger partial charge in [-0.05, 0) is 64.0 Å². The SMILES string of the molecule is CCOc1cc(/C=C(\C#N)C(=O)NCc2ccccc2)ccc1OCC(=O)N(C(C)C)C(C)C. The van der Waals surface area contributed by atoms with Crippen molar-refractivity contribution in [2.75, 3.05) is 13.2 Å². The molecule has 180 valence electrons. The van der Waals surface area contributed by atoms with Crippen LogP contribution in [0.2, 0.25) is 0 Å². The van der Waals surface area contributed by atoms with Crippen LogP contribution in [0.4, 0.5) is 0 Å². The van der Waals surface area contributed by atoms with E-state index in [0.717, 1.165) is 5.56 Å². The molecule has 0 atom stereocenters. The molecule has 2 amide bonds. The lowest BCUT2D eigenvalue weighted by Gasteiger charge is -2.30. The molecule has 0 saturated heterocycles. The van der Waals surface area contributed by atoms with Crippen molar-refractivity contribution in [3.8, 4) is 17.6 Å². The number of hydrogen-bond acceptors (Lipinski definition) is 5. The molecule has 1 N–H and O–H groups in total. The monoisotopic (exact) mass is 463 g/mol. The summed E-state index contributed by atoms with van der Waals surface area (Å²) >= 11 is 0. The normalized spacial score (nSPS) is 11.2. The molecule has 2 aromatic rings. The zero-order chi connectivity index (χ0) is 25.1. The lowest BCUT2D eigenvalue weighted by atomic mass is 10.1. The van der Waals surface area contributed by atoms with Crippen LogP contribution in [0.25, 0.3) is 6.08 Å². The molecular formula is C27H33N3O4.